The number of carbonyl (C=O) groups is 3. The number of hydrogen-bond acceptors (Lipinski definition) is 10. The topological polar surface area (TPSA) is 119 Å². The van der Waals surface area contributed by atoms with Crippen LogP contribution >= 0.6 is 0 Å². The Hall–Kier alpha value is -5.38. The molecule has 46 heavy (non-hydrogen) atoms. The molecular formula is C36H39NO9. The van der Waals surface area contributed by atoms with Crippen molar-refractivity contribution in [1.29, 1.82) is 0 Å². The van der Waals surface area contributed by atoms with Gasteiger partial charge in [-0.05, 0) is 98.8 Å². The Morgan fingerprint density at radius 3 is 1.74 bits per heavy atom. The molecule has 3 rings (SSSR count). The van der Waals surface area contributed by atoms with E-state index in [4.69, 9.17) is 28.4 Å². The molecule has 0 unspecified atom stereocenters. The van der Waals surface area contributed by atoms with Crippen molar-refractivity contribution < 1.29 is 42.8 Å². The van der Waals surface area contributed by atoms with E-state index in [-0.39, 0.29) is 0 Å². The van der Waals surface area contributed by atoms with Gasteiger partial charge in [0.2, 0.25) is 0 Å². The van der Waals surface area contributed by atoms with Crippen LogP contribution in [-0.2, 0) is 19.1 Å². The van der Waals surface area contributed by atoms with E-state index in [1.807, 2.05) is 31.2 Å². The molecule has 10 heteroatoms. The van der Waals surface area contributed by atoms with Crippen molar-refractivity contribution in [1.82, 2.24) is 0 Å². The summed E-state index contributed by atoms with van der Waals surface area (Å²) in [6.07, 6.45) is 6.81. The number of esters is 3. The predicted molar refractivity (Wildman–Crippen MR) is 174 cm³/mol. The molecule has 0 atom stereocenters. The quantitative estimate of drug-likeness (QED) is 0.0435. The highest BCUT2D eigenvalue weighted by atomic mass is 16.5. The van der Waals surface area contributed by atoms with E-state index in [9.17, 15) is 14.4 Å². The summed E-state index contributed by atoms with van der Waals surface area (Å²) in [4.78, 5) is 39.4. The number of benzene rings is 3. The van der Waals surface area contributed by atoms with Gasteiger partial charge in [-0.2, -0.15) is 0 Å². The number of rotatable bonds is 20. The number of unbranched alkanes of at least 4 members (excludes halogenated alkanes) is 2. The second kappa shape index (κ2) is 19.8. The molecule has 0 aromatic heterocycles. The van der Waals surface area contributed by atoms with Crippen molar-refractivity contribution >= 4 is 29.8 Å². The van der Waals surface area contributed by atoms with Crippen molar-refractivity contribution in [3.8, 4) is 23.0 Å². The summed E-state index contributed by atoms with van der Waals surface area (Å²) in [5.41, 5.74) is 1.81. The first-order chi connectivity index (χ1) is 22.4. The Kier molecular flexibility index (Phi) is 15.1. The molecule has 0 heterocycles. The lowest BCUT2D eigenvalue weighted by molar-refractivity contribution is -0.138. The van der Waals surface area contributed by atoms with E-state index in [0.29, 0.717) is 80.8 Å². The van der Waals surface area contributed by atoms with E-state index in [1.165, 1.54) is 0 Å². The molecule has 0 N–H and O–H groups in total. The molecule has 0 radical (unpaired) electrons. The Labute approximate surface area is 269 Å². The first kappa shape index (κ1) is 35.1. The van der Waals surface area contributed by atoms with Gasteiger partial charge in [0.1, 0.15) is 28.7 Å². The molecule has 3 aromatic carbocycles. The largest absolute Gasteiger partial charge is 0.494 e. The molecular weight excluding hydrogens is 590 g/mol. The van der Waals surface area contributed by atoms with Crippen LogP contribution in [0, 0.1) is 0 Å². The van der Waals surface area contributed by atoms with Gasteiger partial charge in [0, 0.05) is 24.4 Å². The summed E-state index contributed by atoms with van der Waals surface area (Å²) >= 11 is 0. The molecule has 10 nitrogen and oxygen atoms in total. The van der Waals surface area contributed by atoms with Gasteiger partial charge in [-0.25, -0.2) is 14.4 Å². The summed E-state index contributed by atoms with van der Waals surface area (Å²) in [5.74, 6) is 0.756. The lowest BCUT2D eigenvalue weighted by atomic mass is 10.2. The first-order valence-corrected chi connectivity index (χ1v) is 15.0. The fraction of sp³-hybridized carbons (Fsp3) is 0.278. The van der Waals surface area contributed by atoms with Crippen LogP contribution in [-0.4, -0.2) is 57.2 Å². The average Bonchev–Trinajstić information content (AvgIpc) is 3.08. The van der Waals surface area contributed by atoms with Gasteiger partial charge >= 0.3 is 17.9 Å². The molecule has 0 amide bonds. The van der Waals surface area contributed by atoms with Crippen molar-refractivity contribution in [2.24, 2.45) is 4.99 Å². The number of ether oxygens (including phenoxy) is 6. The van der Waals surface area contributed by atoms with E-state index in [1.54, 1.807) is 48.7 Å². The summed E-state index contributed by atoms with van der Waals surface area (Å²) in [6.45, 7) is 10.6. The minimum atomic E-state index is -0.521. The Morgan fingerprint density at radius 2 is 1.20 bits per heavy atom. The van der Waals surface area contributed by atoms with Gasteiger partial charge in [0.05, 0.1) is 38.6 Å². The lowest BCUT2D eigenvalue weighted by Crippen LogP contribution is -2.09. The van der Waals surface area contributed by atoms with Crippen LogP contribution in [0.3, 0.4) is 0 Å². The highest BCUT2D eigenvalue weighted by Crippen LogP contribution is 2.32. The minimum absolute atomic E-state index is 0.309. The predicted octanol–water partition coefficient (Wildman–Crippen LogP) is 6.83. The normalized spacial score (nSPS) is 10.5. The van der Waals surface area contributed by atoms with Crippen LogP contribution in [0.2, 0.25) is 0 Å². The van der Waals surface area contributed by atoms with Crippen LogP contribution in [0.15, 0.2) is 97.0 Å². The van der Waals surface area contributed by atoms with Gasteiger partial charge in [0.15, 0.2) is 0 Å². The summed E-state index contributed by atoms with van der Waals surface area (Å²) in [5, 5.41) is 0. The Bertz CT molecular complexity index is 1460. The van der Waals surface area contributed by atoms with Crippen LogP contribution in [0.25, 0.3) is 0 Å². The van der Waals surface area contributed by atoms with Crippen molar-refractivity contribution in [3.63, 3.8) is 0 Å². The smallest absolute Gasteiger partial charge is 0.343 e. The molecule has 0 spiro atoms. The molecule has 0 aliphatic carbocycles. The molecule has 3 aromatic rings. The second-order valence-electron chi connectivity index (χ2n) is 9.66. The molecule has 0 fully saturated rings. The number of hydrogen-bond donors (Lipinski definition) is 0. The molecule has 0 saturated carbocycles. The average molecular weight is 630 g/mol. The Balaban J connectivity index is 1.48. The van der Waals surface area contributed by atoms with Crippen molar-refractivity contribution in [2.75, 3.05) is 33.0 Å². The fourth-order valence-corrected chi connectivity index (χ4v) is 3.83. The van der Waals surface area contributed by atoms with Gasteiger partial charge < -0.3 is 28.4 Å². The zero-order chi connectivity index (χ0) is 33.0. The van der Waals surface area contributed by atoms with E-state index in [0.717, 1.165) is 29.9 Å². The third-order valence-electron chi connectivity index (χ3n) is 6.20. The van der Waals surface area contributed by atoms with Gasteiger partial charge in [0.25, 0.3) is 0 Å². The van der Waals surface area contributed by atoms with Crippen LogP contribution in [0.5, 0.6) is 23.0 Å². The lowest BCUT2D eigenvalue weighted by Gasteiger charge is -2.11. The molecule has 0 bridgehead atoms. The maximum absolute atomic E-state index is 12.8. The standard InChI is InChI=1S/C36H39NO9/c1-4-34(38)44-23-9-7-21-42-29-15-11-27(12-16-29)26-37-32-20-19-31(25-33(32)41-6-3)46-36(40)28-13-17-30(18-14-28)43-22-8-10-24-45-35(39)5-2/h4-5,11-20,25-26H,1-2,6-10,21-24H2,3H3/b37-26+. The van der Waals surface area contributed by atoms with Crippen LogP contribution < -0.4 is 18.9 Å². The third-order valence-corrected chi connectivity index (χ3v) is 6.20. The molecule has 0 aliphatic heterocycles. The number of nitrogens with zero attached hydrogens (tertiary/aromatic N) is 1. The summed E-state index contributed by atoms with van der Waals surface area (Å²) < 4.78 is 32.6. The summed E-state index contributed by atoms with van der Waals surface area (Å²) in [7, 11) is 0. The maximum atomic E-state index is 12.8. The van der Waals surface area contributed by atoms with E-state index < -0.39 is 17.9 Å². The second-order valence-corrected chi connectivity index (χ2v) is 9.66. The zero-order valence-corrected chi connectivity index (χ0v) is 26.0. The number of aliphatic imine (C=N–C) groups is 1. The molecule has 0 saturated heterocycles. The number of carbonyl (C=O) groups excluding carboxylic acids is 3. The van der Waals surface area contributed by atoms with E-state index in [2.05, 4.69) is 18.2 Å². The van der Waals surface area contributed by atoms with Gasteiger partial charge in [-0.15, -0.1) is 0 Å². The van der Waals surface area contributed by atoms with Crippen molar-refractivity contribution in [3.05, 3.63) is 103 Å². The van der Waals surface area contributed by atoms with E-state index >= 15 is 0 Å². The fourth-order valence-electron chi connectivity index (χ4n) is 3.83. The highest BCUT2D eigenvalue weighted by Gasteiger charge is 2.12. The molecule has 242 valence electrons. The van der Waals surface area contributed by atoms with Crippen LogP contribution in [0.1, 0.15) is 48.5 Å². The van der Waals surface area contributed by atoms with Gasteiger partial charge in [-0.1, -0.05) is 13.2 Å². The monoisotopic (exact) mass is 629 g/mol. The van der Waals surface area contributed by atoms with Gasteiger partial charge in [-0.3, -0.25) is 4.99 Å². The Morgan fingerprint density at radius 1 is 0.674 bits per heavy atom. The third kappa shape index (κ3) is 12.7. The highest BCUT2D eigenvalue weighted by molar-refractivity contribution is 5.91. The van der Waals surface area contributed by atoms with Crippen molar-refractivity contribution in [2.45, 2.75) is 32.6 Å². The summed E-state index contributed by atoms with van der Waals surface area (Å²) in [6, 6.07) is 19.2. The molecule has 0 aliphatic rings. The minimum Gasteiger partial charge on any atom is -0.494 e. The first-order valence-electron chi connectivity index (χ1n) is 15.0. The zero-order valence-electron chi connectivity index (χ0n) is 26.0. The SMILES string of the molecule is C=CC(=O)OCCCCOc1ccc(/C=N/c2ccc(OC(=O)c3ccc(OCCCCOC(=O)C=C)cc3)cc2OCC)cc1. The van der Waals surface area contributed by atoms with Crippen LogP contribution in [0.4, 0.5) is 5.69 Å². The maximum Gasteiger partial charge on any atom is 0.343 e.